The Bertz CT molecular complexity index is 665. The second kappa shape index (κ2) is 4.22. The molecule has 0 unspecified atom stereocenters. The number of hydrogen-bond acceptors (Lipinski definition) is 3. The average Bonchev–Trinajstić information content (AvgIpc) is 2.31. The average molecular weight is 225 g/mol. The number of aryl methyl sites for hydroxylation is 2. The first-order valence-corrected chi connectivity index (χ1v) is 5.20. The minimum Gasteiger partial charge on any atom is -0.267 e. The predicted molar refractivity (Wildman–Crippen MR) is 64.0 cm³/mol. The van der Waals surface area contributed by atoms with Gasteiger partial charge in [-0.25, -0.2) is 0 Å². The topological polar surface area (TPSA) is 58.7 Å². The maximum absolute atomic E-state index is 11.8. The van der Waals surface area contributed by atoms with Gasteiger partial charge >= 0.3 is 0 Å². The summed E-state index contributed by atoms with van der Waals surface area (Å²) < 4.78 is 1.31. The maximum Gasteiger partial charge on any atom is 0.272 e. The van der Waals surface area contributed by atoms with E-state index >= 15 is 0 Å². The third-order valence-electron chi connectivity index (χ3n) is 2.48. The Hall–Kier alpha value is -2.41. The van der Waals surface area contributed by atoms with Gasteiger partial charge < -0.3 is 0 Å². The summed E-state index contributed by atoms with van der Waals surface area (Å²) in [5, 5.41) is 12.9. The van der Waals surface area contributed by atoms with Crippen LogP contribution in [0.1, 0.15) is 16.8 Å². The van der Waals surface area contributed by atoms with Crippen LogP contribution in [0.2, 0.25) is 0 Å². The fourth-order valence-corrected chi connectivity index (χ4v) is 1.60. The van der Waals surface area contributed by atoms with E-state index in [1.54, 1.807) is 6.92 Å². The van der Waals surface area contributed by atoms with Crippen LogP contribution in [0.5, 0.6) is 0 Å². The Morgan fingerprint density at radius 3 is 2.71 bits per heavy atom. The highest BCUT2D eigenvalue weighted by Gasteiger charge is 2.06. The van der Waals surface area contributed by atoms with Crippen LogP contribution in [0.15, 0.2) is 35.1 Å². The first-order chi connectivity index (χ1) is 8.11. The van der Waals surface area contributed by atoms with Crippen molar-refractivity contribution < 1.29 is 0 Å². The molecule has 0 aliphatic carbocycles. The smallest absolute Gasteiger partial charge is 0.267 e. The number of nitrogens with zero attached hydrogens (tertiary/aromatic N) is 3. The van der Waals surface area contributed by atoms with Crippen LogP contribution in [0.3, 0.4) is 0 Å². The maximum atomic E-state index is 11.8. The van der Waals surface area contributed by atoms with E-state index < -0.39 is 0 Å². The molecule has 17 heavy (non-hydrogen) atoms. The van der Waals surface area contributed by atoms with Gasteiger partial charge in [-0.05, 0) is 31.5 Å². The third kappa shape index (κ3) is 2.08. The highest BCUT2D eigenvalue weighted by atomic mass is 16.1. The zero-order chi connectivity index (χ0) is 12.4. The van der Waals surface area contributed by atoms with Crippen molar-refractivity contribution >= 4 is 0 Å². The van der Waals surface area contributed by atoms with E-state index in [0.717, 1.165) is 5.56 Å². The number of aromatic nitrogens is 2. The fraction of sp³-hybridized carbons (Fsp3) is 0.154. The molecule has 4 nitrogen and oxygen atoms in total. The summed E-state index contributed by atoms with van der Waals surface area (Å²) in [6, 6.07) is 10.8. The van der Waals surface area contributed by atoms with Crippen molar-refractivity contribution in [2.75, 3.05) is 0 Å². The van der Waals surface area contributed by atoms with Crippen molar-refractivity contribution in [3.63, 3.8) is 0 Å². The molecule has 0 radical (unpaired) electrons. The van der Waals surface area contributed by atoms with Gasteiger partial charge in [0, 0.05) is 6.07 Å². The Morgan fingerprint density at radius 2 is 2.06 bits per heavy atom. The molecule has 1 aromatic carbocycles. The molecular formula is C13H11N3O. The second-order valence-corrected chi connectivity index (χ2v) is 3.84. The van der Waals surface area contributed by atoms with E-state index in [9.17, 15) is 4.79 Å². The molecule has 0 N–H and O–H groups in total. The summed E-state index contributed by atoms with van der Waals surface area (Å²) in [7, 11) is 0. The summed E-state index contributed by atoms with van der Waals surface area (Å²) in [5.41, 5.74) is 2.34. The molecule has 1 heterocycles. The van der Waals surface area contributed by atoms with Gasteiger partial charge in [0.25, 0.3) is 5.56 Å². The van der Waals surface area contributed by atoms with Crippen LogP contribution in [0, 0.1) is 25.2 Å². The predicted octanol–water partition coefficient (Wildman–Crippen LogP) is 1.72. The van der Waals surface area contributed by atoms with Crippen LogP contribution < -0.4 is 5.56 Å². The van der Waals surface area contributed by atoms with Crippen LogP contribution in [0.4, 0.5) is 0 Å². The lowest BCUT2D eigenvalue weighted by atomic mass is 10.2. The minimum absolute atomic E-state index is 0.294. The molecule has 84 valence electrons. The highest BCUT2D eigenvalue weighted by Crippen LogP contribution is 2.08. The van der Waals surface area contributed by atoms with Crippen molar-refractivity contribution in [2.45, 2.75) is 13.8 Å². The van der Waals surface area contributed by atoms with Gasteiger partial charge in [-0.1, -0.05) is 12.1 Å². The molecule has 0 atom stereocenters. The highest BCUT2D eigenvalue weighted by molar-refractivity contribution is 5.37. The lowest BCUT2D eigenvalue weighted by molar-refractivity contribution is 0.781. The van der Waals surface area contributed by atoms with E-state index in [1.807, 2.05) is 37.3 Å². The molecule has 0 spiro atoms. The number of benzene rings is 1. The molecule has 1 aromatic heterocycles. The monoisotopic (exact) mass is 225 g/mol. The zero-order valence-electron chi connectivity index (χ0n) is 9.64. The molecule has 0 aliphatic heterocycles. The first kappa shape index (κ1) is 11.1. The van der Waals surface area contributed by atoms with Crippen molar-refractivity contribution in [2.24, 2.45) is 0 Å². The Labute approximate surface area is 98.8 Å². The Kier molecular flexibility index (Phi) is 2.75. The lowest BCUT2D eigenvalue weighted by Gasteiger charge is -2.06. The van der Waals surface area contributed by atoms with Gasteiger partial charge in [0.15, 0.2) is 0 Å². The van der Waals surface area contributed by atoms with Gasteiger partial charge in [-0.15, -0.1) is 0 Å². The van der Waals surface area contributed by atoms with Crippen molar-refractivity contribution in [3.05, 3.63) is 57.5 Å². The summed E-state index contributed by atoms with van der Waals surface area (Å²) >= 11 is 0. The molecule has 0 aliphatic rings. The van der Waals surface area contributed by atoms with Gasteiger partial charge in [0.1, 0.15) is 6.07 Å². The van der Waals surface area contributed by atoms with E-state index in [4.69, 9.17) is 5.26 Å². The molecule has 0 fully saturated rings. The Balaban J connectivity index is 2.66. The zero-order valence-corrected chi connectivity index (χ0v) is 9.64. The van der Waals surface area contributed by atoms with Crippen LogP contribution in [0.25, 0.3) is 5.69 Å². The summed E-state index contributed by atoms with van der Waals surface area (Å²) in [6.07, 6.45) is 0. The SMILES string of the molecule is Cc1cccc(-n2nc(C)c(C#N)cc2=O)c1. The van der Waals surface area contributed by atoms with Crippen molar-refractivity contribution in [1.82, 2.24) is 9.78 Å². The minimum atomic E-state index is -0.294. The molecule has 0 saturated heterocycles. The van der Waals surface area contributed by atoms with Gasteiger partial charge in [0.05, 0.1) is 16.9 Å². The molecule has 0 amide bonds. The quantitative estimate of drug-likeness (QED) is 0.742. The largest absolute Gasteiger partial charge is 0.272 e. The lowest BCUT2D eigenvalue weighted by Crippen LogP contribution is -2.22. The van der Waals surface area contributed by atoms with Crippen molar-refractivity contribution in [3.8, 4) is 11.8 Å². The van der Waals surface area contributed by atoms with E-state index in [0.29, 0.717) is 16.9 Å². The normalized spacial score (nSPS) is 9.94. The molecule has 4 heteroatoms. The van der Waals surface area contributed by atoms with Gasteiger partial charge in [-0.3, -0.25) is 4.79 Å². The van der Waals surface area contributed by atoms with Gasteiger partial charge in [0.2, 0.25) is 0 Å². The molecular weight excluding hydrogens is 214 g/mol. The molecule has 0 saturated carbocycles. The second-order valence-electron chi connectivity index (χ2n) is 3.84. The van der Waals surface area contributed by atoms with E-state index in [-0.39, 0.29) is 5.56 Å². The summed E-state index contributed by atoms with van der Waals surface area (Å²) in [6.45, 7) is 3.66. The van der Waals surface area contributed by atoms with Crippen LogP contribution in [-0.4, -0.2) is 9.78 Å². The Morgan fingerprint density at radius 1 is 1.29 bits per heavy atom. The number of rotatable bonds is 1. The fourth-order valence-electron chi connectivity index (χ4n) is 1.60. The van der Waals surface area contributed by atoms with Crippen molar-refractivity contribution in [1.29, 1.82) is 5.26 Å². The number of hydrogen-bond donors (Lipinski definition) is 0. The summed E-state index contributed by atoms with van der Waals surface area (Å²) in [4.78, 5) is 11.8. The third-order valence-corrected chi connectivity index (χ3v) is 2.48. The van der Waals surface area contributed by atoms with Gasteiger partial charge in [-0.2, -0.15) is 15.0 Å². The van der Waals surface area contributed by atoms with E-state index in [1.165, 1.54) is 10.7 Å². The molecule has 0 bridgehead atoms. The van der Waals surface area contributed by atoms with Crippen LogP contribution in [-0.2, 0) is 0 Å². The number of nitriles is 1. The molecule has 2 rings (SSSR count). The summed E-state index contributed by atoms with van der Waals surface area (Å²) in [5.74, 6) is 0. The van der Waals surface area contributed by atoms with E-state index in [2.05, 4.69) is 5.10 Å². The standard InChI is InChI=1S/C13H11N3O/c1-9-4-3-5-12(6-9)16-13(17)7-11(8-14)10(2)15-16/h3-7H,1-2H3. The van der Waals surface area contributed by atoms with Crippen LogP contribution >= 0.6 is 0 Å². The first-order valence-electron chi connectivity index (χ1n) is 5.20. The molecule has 2 aromatic rings.